The van der Waals surface area contributed by atoms with Crippen LogP contribution in [0.15, 0.2) is 51.8 Å². The maximum Gasteiger partial charge on any atom is 0.242 e. The number of hydrogen-bond acceptors (Lipinski definition) is 3. The van der Waals surface area contributed by atoms with Crippen molar-refractivity contribution in [1.82, 2.24) is 4.72 Å². The minimum absolute atomic E-state index is 0.0693. The van der Waals surface area contributed by atoms with Crippen molar-refractivity contribution in [2.75, 3.05) is 5.32 Å². The van der Waals surface area contributed by atoms with Crippen molar-refractivity contribution in [2.45, 2.75) is 17.9 Å². The molecule has 24 heavy (non-hydrogen) atoms. The quantitative estimate of drug-likeness (QED) is 0.719. The summed E-state index contributed by atoms with van der Waals surface area (Å²) in [5, 5.41) is 3.23. The molecule has 2 N–H and O–H groups in total. The van der Waals surface area contributed by atoms with E-state index in [1.54, 1.807) is 18.2 Å². The molecule has 1 amide bonds. The molecule has 0 unspecified atom stereocenters. The summed E-state index contributed by atoms with van der Waals surface area (Å²) in [6.45, 7) is 1.45. The smallest absolute Gasteiger partial charge is 0.242 e. The van der Waals surface area contributed by atoms with Gasteiger partial charge in [-0.15, -0.1) is 0 Å². The molecule has 2 rings (SSSR count). The molecular formula is C15H13BrCl2N2O3S. The maximum absolute atomic E-state index is 12.3. The van der Waals surface area contributed by atoms with Crippen LogP contribution in [0.25, 0.3) is 0 Å². The monoisotopic (exact) mass is 450 g/mol. The molecule has 0 spiro atoms. The molecule has 2 aromatic rings. The van der Waals surface area contributed by atoms with Crippen molar-refractivity contribution in [3.8, 4) is 0 Å². The summed E-state index contributed by atoms with van der Waals surface area (Å²) in [7, 11) is -3.81. The Balaban J connectivity index is 2.07. The van der Waals surface area contributed by atoms with Crippen molar-refractivity contribution in [3.05, 3.63) is 57.0 Å². The Morgan fingerprint density at radius 1 is 1.08 bits per heavy atom. The molecule has 0 aliphatic carbocycles. The minimum Gasteiger partial charge on any atom is -0.325 e. The highest BCUT2D eigenvalue weighted by molar-refractivity contribution is 9.10. The first kappa shape index (κ1) is 19.2. The molecule has 0 aliphatic rings. The Bertz CT molecular complexity index is 858. The van der Waals surface area contributed by atoms with E-state index in [0.29, 0.717) is 10.7 Å². The van der Waals surface area contributed by atoms with Crippen LogP contribution in [0.4, 0.5) is 5.69 Å². The third-order valence-corrected chi connectivity index (χ3v) is 5.86. The fourth-order valence-electron chi connectivity index (χ4n) is 1.79. The maximum atomic E-state index is 12.3. The van der Waals surface area contributed by atoms with Gasteiger partial charge in [0.2, 0.25) is 15.9 Å². The number of benzene rings is 2. The number of halogens is 3. The van der Waals surface area contributed by atoms with E-state index in [4.69, 9.17) is 23.2 Å². The first-order chi connectivity index (χ1) is 11.2. The number of anilines is 1. The van der Waals surface area contributed by atoms with Crippen molar-refractivity contribution >= 4 is 60.7 Å². The highest BCUT2D eigenvalue weighted by Crippen LogP contribution is 2.25. The molecule has 0 saturated carbocycles. The third kappa shape index (κ3) is 4.94. The van der Waals surface area contributed by atoms with Crippen LogP contribution < -0.4 is 10.0 Å². The summed E-state index contributed by atoms with van der Waals surface area (Å²) in [5.74, 6) is -0.519. The fourth-order valence-corrected chi connectivity index (χ4v) is 3.56. The Morgan fingerprint density at radius 3 is 2.29 bits per heavy atom. The fraction of sp³-hybridized carbons (Fsp3) is 0.133. The standard InChI is InChI=1S/C15H13BrCl2N2O3S/c1-9(15(21)19-11-4-7-13(17)14(18)8-11)20-24(22,23)12-5-2-10(16)3-6-12/h2-9,20H,1H3,(H,19,21)/t9-/m0/s1. The molecule has 0 fully saturated rings. The Labute approximate surface area is 158 Å². The number of rotatable bonds is 5. The second-order valence-electron chi connectivity index (χ2n) is 4.92. The number of carbonyl (C=O) groups is 1. The lowest BCUT2D eigenvalue weighted by atomic mass is 10.3. The number of amides is 1. The van der Waals surface area contributed by atoms with E-state index in [1.165, 1.54) is 31.2 Å². The lowest BCUT2D eigenvalue weighted by Crippen LogP contribution is -2.41. The molecule has 0 radical (unpaired) electrons. The number of hydrogen-bond donors (Lipinski definition) is 2. The van der Waals surface area contributed by atoms with Crippen molar-refractivity contribution < 1.29 is 13.2 Å². The van der Waals surface area contributed by atoms with Gasteiger partial charge in [-0.25, -0.2) is 8.42 Å². The lowest BCUT2D eigenvalue weighted by Gasteiger charge is -2.15. The Morgan fingerprint density at radius 2 is 1.71 bits per heavy atom. The first-order valence-electron chi connectivity index (χ1n) is 6.73. The van der Waals surface area contributed by atoms with Gasteiger partial charge in [0, 0.05) is 10.2 Å². The van der Waals surface area contributed by atoms with Crippen molar-refractivity contribution in [3.63, 3.8) is 0 Å². The highest BCUT2D eigenvalue weighted by atomic mass is 79.9. The first-order valence-corrected chi connectivity index (χ1v) is 9.76. The van der Waals surface area contributed by atoms with Gasteiger partial charge in [0.1, 0.15) is 0 Å². The Kier molecular flexibility index (Phi) is 6.28. The minimum atomic E-state index is -3.81. The molecule has 0 saturated heterocycles. The molecule has 0 heterocycles. The summed E-state index contributed by atoms with van der Waals surface area (Å²) in [6.07, 6.45) is 0. The van der Waals surface area contributed by atoms with Crippen molar-refractivity contribution in [1.29, 1.82) is 0 Å². The zero-order valence-electron chi connectivity index (χ0n) is 12.4. The number of sulfonamides is 1. The average Bonchev–Trinajstić information content (AvgIpc) is 2.51. The molecule has 9 heteroatoms. The molecule has 1 atom stereocenters. The van der Waals surface area contributed by atoms with Gasteiger partial charge in [0.05, 0.1) is 21.0 Å². The van der Waals surface area contributed by atoms with E-state index < -0.39 is 22.0 Å². The van der Waals surface area contributed by atoms with Crippen LogP contribution in [0.1, 0.15) is 6.92 Å². The van der Waals surface area contributed by atoms with Gasteiger partial charge < -0.3 is 5.32 Å². The Hall–Kier alpha value is -1.12. The molecule has 0 bridgehead atoms. The lowest BCUT2D eigenvalue weighted by molar-refractivity contribution is -0.117. The molecule has 0 aliphatic heterocycles. The predicted octanol–water partition coefficient (Wildman–Crippen LogP) is 4.06. The van der Waals surface area contributed by atoms with Crippen LogP contribution in [0, 0.1) is 0 Å². The summed E-state index contributed by atoms with van der Waals surface area (Å²) < 4.78 is 27.6. The SMILES string of the molecule is C[C@H](NS(=O)(=O)c1ccc(Br)cc1)C(=O)Nc1ccc(Cl)c(Cl)c1. The van der Waals surface area contributed by atoms with Crippen LogP contribution in [0.3, 0.4) is 0 Å². The van der Waals surface area contributed by atoms with E-state index >= 15 is 0 Å². The van der Waals surface area contributed by atoms with Gasteiger partial charge in [0.25, 0.3) is 0 Å². The molecule has 5 nitrogen and oxygen atoms in total. The van der Waals surface area contributed by atoms with Gasteiger partial charge in [-0.05, 0) is 49.4 Å². The number of carbonyl (C=O) groups excluding carboxylic acids is 1. The molecule has 2 aromatic carbocycles. The summed E-state index contributed by atoms with van der Waals surface area (Å²) in [4.78, 5) is 12.2. The van der Waals surface area contributed by atoms with Gasteiger partial charge in [0.15, 0.2) is 0 Å². The topological polar surface area (TPSA) is 75.3 Å². The summed E-state index contributed by atoms with van der Waals surface area (Å²) in [5.41, 5.74) is 0.420. The van der Waals surface area contributed by atoms with Gasteiger partial charge >= 0.3 is 0 Å². The predicted molar refractivity (Wildman–Crippen MR) is 99.0 cm³/mol. The van der Waals surface area contributed by atoms with Crippen LogP contribution >= 0.6 is 39.1 Å². The summed E-state index contributed by atoms with van der Waals surface area (Å²) >= 11 is 14.9. The van der Waals surface area contributed by atoms with E-state index in [0.717, 1.165) is 4.47 Å². The van der Waals surface area contributed by atoms with Crippen LogP contribution in [-0.4, -0.2) is 20.4 Å². The number of nitrogens with one attached hydrogen (secondary N) is 2. The van der Waals surface area contributed by atoms with Crippen LogP contribution in [0.2, 0.25) is 10.0 Å². The van der Waals surface area contributed by atoms with Gasteiger partial charge in [-0.2, -0.15) is 4.72 Å². The van der Waals surface area contributed by atoms with Gasteiger partial charge in [-0.1, -0.05) is 39.1 Å². The molecular weight excluding hydrogens is 439 g/mol. The van der Waals surface area contributed by atoms with E-state index in [2.05, 4.69) is 26.0 Å². The van der Waals surface area contributed by atoms with Gasteiger partial charge in [-0.3, -0.25) is 4.79 Å². The van der Waals surface area contributed by atoms with Crippen molar-refractivity contribution in [2.24, 2.45) is 0 Å². The highest BCUT2D eigenvalue weighted by Gasteiger charge is 2.22. The third-order valence-electron chi connectivity index (χ3n) is 3.04. The molecule has 128 valence electrons. The zero-order valence-corrected chi connectivity index (χ0v) is 16.3. The van der Waals surface area contributed by atoms with E-state index in [-0.39, 0.29) is 9.92 Å². The second-order valence-corrected chi connectivity index (χ2v) is 8.36. The average molecular weight is 452 g/mol. The normalized spacial score (nSPS) is 12.7. The molecule has 0 aromatic heterocycles. The van der Waals surface area contributed by atoms with Crippen LogP contribution in [0.5, 0.6) is 0 Å². The van der Waals surface area contributed by atoms with E-state index in [1.807, 2.05) is 0 Å². The second kappa shape index (κ2) is 7.84. The van der Waals surface area contributed by atoms with E-state index in [9.17, 15) is 13.2 Å². The summed E-state index contributed by atoms with van der Waals surface area (Å²) in [6, 6.07) is 9.71. The largest absolute Gasteiger partial charge is 0.325 e. The van der Waals surface area contributed by atoms with Crippen LogP contribution in [-0.2, 0) is 14.8 Å². The zero-order chi connectivity index (χ0) is 17.9.